The molecule has 234 valence electrons. The number of halogens is 1. The molecule has 6 aliphatic carbocycles. The Morgan fingerprint density at radius 2 is 1.64 bits per heavy atom. The molecule has 6 saturated carbocycles. The summed E-state index contributed by atoms with van der Waals surface area (Å²) in [4.78, 5) is 25.6. The van der Waals surface area contributed by atoms with Crippen LogP contribution >= 0.6 is 0 Å². The van der Waals surface area contributed by atoms with E-state index in [1.54, 1.807) is 18.3 Å². The number of aromatic nitrogens is 3. The molecule has 6 aliphatic rings. The van der Waals surface area contributed by atoms with E-state index >= 15 is 0 Å². The van der Waals surface area contributed by atoms with Gasteiger partial charge in [-0.25, -0.2) is 17.8 Å². The first-order valence-electron chi connectivity index (χ1n) is 15.5. The molecule has 11 heteroatoms. The lowest BCUT2D eigenvalue weighted by molar-refractivity contribution is -0.211. The molecular formula is C33H40FN5O4S. The summed E-state index contributed by atoms with van der Waals surface area (Å²) in [6.45, 7) is 6.78. The highest BCUT2D eigenvalue weighted by Crippen LogP contribution is 2.70. The first-order valence-corrected chi connectivity index (χ1v) is 17.4. The maximum atomic E-state index is 14.6. The summed E-state index contributed by atoms with van der Waals surface area (Å²) in [6.07, 6.45) is 9.40. The van der Waals surface area contributed by atoms with Crippen molar-refractivity contribution in [3.05, 3.63) is 54.3 Å². The van der Waals surface area contributed by atoms with Gasteiger partial charge in [-0.2, -0.15) is 4.98 Å². The summed E-state index contributed by atoms with van der Waals surface area (Å²) in [5.41, 5.74) is 0.0784. The summed E-state index contributed by atoms with van der Waals surface area (Å²) in [6, 6.07) is 10.9. The maximum Gasteiger partial charge on any atom is 0.234 e. The van der Waals surface area contributed by atoms with Crippen molar-refractivity contribution in [1.29, 1.82) is 0 Å². The largest absolute Gasteiger partial charge is 0.339 e. The number of carbonyl (C=O) groups is 1. The normalized spacial score (nSPS) is 30.8. The monoisotopic (exact) mass is 621 g/mol. The van der Waals surface area contributed by atoms with Gasteiger partial charge < -0.3 is 4.52 Å². The molecule has 3 aromatic rings. The van der Waals surface area contributed by atoms with Crippen LogP contribution in [0.5, 0.6) is 0 Å². The van der Waals surface area contributed by atoms with Gasteiger partial charge in [0.25, 0.3) is 0 Å². The van der Waals surface area contributed by atoms with Crippen LogP contribution in [0.2, 0.25) is 0 Å². The topological polar surface area (TPSA) is 118 Å². The number of anilines is 2. The zero-order valence-electron chi connectivity index (χ0n) is 25.8. The number of benzene rings is 1. The van der Waals surface area contributed by atoms with Crippen LogP contribution in [-0.4, -0.2) is 47.9 Å². The van der Waals surface area contributed by atoms with Crippen LogP contribution in [0.15, 0.2) is 47.1 Å². The Kier molecular flexibility index (Phi) is 6.40. The fourth-order valence-corrected chi connectivity index (χ4v) is 8.60. The van der Waals surface area contributed by atoms with Crippen LogP contribution in [0.25, 0.3) is 11.1 Å². The summed E-state index contributed by atoms with van der Waals surface area (Å²) >= 11 is 0. The number of carbonyl (C=O) groups excluding carboxylic acids is 1. The summed E-state index contributed by atoms with van der Waals surface area (Å²) in [5.74, 6) is 2.04. The SMILES string of the molecule is CC(C)(C)c1nc(C23CCC(CN(C(=O)C45CC(F)(C4)C5)c4cc(-c5ccc(NS(C)(=O)=O)cc5)ccn4)(CC2)CC3)no1. The van der Waals surface area contributed by atoms with E-state index < -0.39 is 21.1 Å². The van der Waals surface area contributed by atoms with Gasteiger partial charge >= 0.3 is 0 Å². The number of rotatable bonds is 8. The quantitative estimate of drug-likeness (QED) is 0.313. The highest BCUT2D eigenvalue weighted by molar-refractivity contribution is 7.92. The number of pyridine rings is 1. The van der Waals surface area contributed by atoms with Crippen molar-refractivity contribution in [2.24, 2.45) is 10.8 Å². The van der Waals surface area contributed by atoms with Crippen molar-refractivity contribution < 1.29 is 22.1 Å². The third kappa shape index (κ3) is 5.01. The minimum absolute atomic E-state index is 0.0147. The second-order valence-corrected chi connectivity index (χ2v) is 16.9. The van der Waals surface area contributed by atoms with Crippen molar-refractivity contribution in [1.82, 2.24) is 15.1 Å². The van der Waals surface area contributed by atoms with E-state index in [2.05, 4.69) is 35.6 Å². The fraction of sp³-hybridized carbons (Fsp3) is 0.576. The summed E-state index contributed by atoms with van der Waals surface area (Å²) in [5, 5.41) is 4.43. The molecule has 0 saturated heterocycles. The number of alkyl halides is 1. The van der Waals surface area contributed by atoms with Gasteiger partial charge in [-0.05, 0) is 98.6 Å². The van der Waals surface area contributed by atoms with Crippen LogP contribution in [0.3, 0.4) is 0 Å². The Morgan fingerprint density at radius 3 is 2.18 bits per heavy atom. The number of amides is 1. The van der Waals surface area contributed by atoms with Gasteiger partial charge in [0.2, 0.25) is 21.8 Å². The zero-order valence-corrected chi connectivity index (χ0v) is 26.6. The minimum atomic E-state index is -3.38. The van der Waals surface area contributed by atoms with Gasteiger partial charge in [0.05, 0.1) is 11.7 Å². The van der Waals surface area contributed by atoms with Crippen molar-refractivity contribution in [2.45, 2.75) is 95.1 Å². The molecule has 0 aliphatic heterocycles. The molecule has 1 aromatic carbocycles. The number of sulfonamides is 1. The van der Waals surface area contributed by atoms with E-state index in [0.717, 1.165) is 61.7 Å². The molecule has 2 heterocycles. The molecule has 0 unspecified atom stereocenters. The minimum Gasteiger partial charge on any atom is -0.339 e. The molecule has 9 nitrogen and oxygen atoms in total. The van der Waals surface area contributed by atoms with E-state index in [1.165, 1.54) is 0 Å². The second kappa shape index (κ2) is 9.58. The van der Waals surface area contributed by atoms with Crippen LogP contribution in [0, 0.1) is 10.8 Å². The van der Waals surface area contributed by atoms with Gasteiger partial charge in [0, 0.05) is 29.3 Å². The molecule has 1 amide bonds. The van der Waals surface area contributed by atoms with Crippen molar-refractivity contribution in [3.63, 3.8) is 0 Å². The molecule has 0 spiro atoms. The molecule has 2 aromatic heterocycles. The van der Waals surface area contributed by atoms with E-state index in [9.17, 15) is 17.6 Å². The predicted octanol–water partition coefficient (Wildman–Crippen LogP) is 6.32. The Balaban J connectivity index is 1.14. The second-order valence-electron chi connectivity index (χ2n) is 15.2. The maximum absolute atomic E-state index is 14.6. The molecule has 4 bridgehead atoms. The third-order valence-electron chi connectivity index (χ3n) is 10.6. The van der Waals surface area contributed by atoms with E-state index in [4.69, 9.17) is 9.51 Å². The Labute approximate surface area is 258 Å². The van der Waals surface area contributed by atoms with Gasteiger partial charge in [-0.15, -0.1) is 0 Å². The molecule has 0 atom stereocenters. The smallest absolute Gasteiger partial charge is 0.234 e. The van der Waals surface area contributed by atoms with Crippen LogP contribution in [0.1, 0.15) is 90.3 Å². The first-order chi connectivity index (χ1) is 20.6. The number of nitrogens with zero attached hydrogens (tertiary/aromatic N) is 4. The molecule has 6 fully saturated rings. The lowest BCUT2D eigenvalue weighted by Gasteiger charge is -2.65. The summed E-state index contributed by atoms with van der Waals surface area (Å²) < 4.78 is 46.0. The Bertz CT molecular complexity index is 1680. The molecule has 9 rings (SSSR count). The van der Waals surface area contributed by atoms with Crippen LogP contribution in [-0.2, 0) is 25.6 Å². The average molecular weight is 622 g/mol. The van der Waals surface area contributed by atoms with Gasteiger partial charge in [0.1, 0.15) is 11.5 Å². The third-order valence-corrected chi connectivity index (χ3v) is 11.3. The van der Waals surface area contributed by atoms with E-state index in [1.807, 2.05) is 29.2 Å². The predicted molar refractivity (Wildman–Crippen MR) is 165 cm³/mol. The van der Waals surface area contributed by atoms with Crippen LogP contribution < -0.4 is 9.62 Å². The van der Waals surface area contributed by atoms with Gasteiger partial charge in [-0.1, -0.05) is 38.1 Å². The lowest BCUT2D eigenvalue weighted by atomic mass is 9.41. The molecule has 0 radical (unpaired) electrons. The fourth-order valence-electron chi connectivity index (χ4n) is 8.04. The van der Waals surface area contributed by atoms with E-state index in [0.29, 0.717) is 43.2 Å². The Morgan fingerprint density at radius 1 is 1.00 bits per heavy atom. The summed E-state index contributed by atoms with van der Waals surface area (Å²) in [7, 11) is -3.38. The number of fused-ring (bicyclic) bond motifs is 3. The highest BCUT2D eigenvalue weighted by Gasteiger charge is 2.73. The number of hydrogen-bond donors (Lipinski definition) is 1. The molecule has 44 heavy (non-hydrogen) atoms. The lowest BCUT2D eigenvalue weighted by Crippen LogP contribution is -2.71. The number of hydrogen-bond acceptors (Lipinski definition) is 7. The van der Waals surface area contributed by atoms with Gasteiger partial charge in [0.15, 0.2) is 5.82 Å². The molecule has 1 N–H and O–H groups in total. The highest BCUT2D eigenvalue weighted by atomic mass is 32.2. The van der Waals surface area contributed by atoms with Gasteiger partial charge in [-0.3, -0.25) is 14.4 Å². The van der Waals surface area contributed by atoms with Crippen molar-refractivity contribution in [3.8, 4) is 11.1 Å². The number of nitrogens with one attached hydrogen (secondary N) is 1. The first kappa shape index (κ1) is 29.4. The Hall–Kier alpha value is -3.34. The standard InChI is InChI=1S/C33H40FN5O4S/c1-29(2,3)27-36-26(37-43-27)31-13-10-30(11-14-31,12-15-31)21-39(28(40)32-18-33(34,19-32)20-32)25-17-23(9-16-35-25)22-5-7-24(8-6-22)38-44(4,41)42/h5-9,16-17,38H,10-15,18-21H2,1-4H3. The zero-order chi connectivity index (χ0) is 31.2. The average Bonchev–Trinajstić information content (AvgIpc) is 3.47. The molecular weight excluding hydrogens is 581 g/mol. The van der Waals surface area contributed by atoms with Crippen molar-refractivity contribution >= 4 is 27.4 Å². The van der Waals surface area contributed by atoms with Crippen LogP contribution in [0.4, 0.5) is 15.9 Å². The van der Waals surface area contributed by atoms with E-state index in [-0.39, 0.29) is 22.2 Å². The van der Waals surface area contributed by atoms with Crippen molar-refractivity contribution in [2.75, 3.05) is 22.4 Å².